The first-order valence-corrected chi connectivity index (χ1v) is 8.68. The molecule has 24 heavy (non-hydrogen) atoms. The number of hydrogen-bond acceptors (Lipinski definition) is 4. The molecule has 1 aromatic heterocycles. The van der Waals surface area contributed by atoms with Gasteiger partial charge in [-0.25, -0.2) is 21.9 Å². The van der Waals surface area contributed by atoms with Crippen molar-refractivity contribution >= 4 is 16.0 Å². The lowest BCUT2D eigenvalue weighted by Crippen LogP contribution is -2.11. The molecule has 0 fully saturated rings. The molecular formula is C15H12F2N4O2S. The van der Waals surface area contributed by atoms with Gasteiger partial charge in [-0.05, 0) is 48.5 Å². The van der Waals surface area contributed by atoms with Crippen LogP contribution in [0.4, 0.5) is 14.7 Å². The molecule has 0 aliphatic carbocycles. The normalized spacial score (nSPS) is 11.5. The van der Waals surface area contributed by atoms with Gasteiger partial charge in [0.05, 0.1) is 11.9 Å². The van der Waals surface area contributed by atoms with E-state index in [2.05, 4.69) is 14.8 Å². The van der Waals surface area contributed by atoms with Crippen LogP contribution in [0, 0.1) is 11.6 Å². The maximum absolute atomic E-state index is 13.1. The average molecular weight is 350 g/mol. The van der Waals surface area contributed by atoms with E-state index in [0.29, 0.717) is 11.3 Å². The fourth-order valence-electron chi connectivity index (χ4n) is 2.07. The second-order valence-corrected chi connectivity index (χ2v) is 6.78. The third-order valence-corrected chi connectivity index (χ3v) is 3.61. The van der Waals surface area contributed by atoms with Crippen LogP contribution in [0.15, 0.2) is 48.5 Å². The first kappa shape index (κ1) is 16.1. The van der Waals surface area contributed by atoms with Gasteiger partial charge in [-0.3, -0.25) is 4.72 Å². The van der Waals surface area contributed by atoms with Crippen LogP contribution in [0.25, 0.3) is 17.1 Å². The van der Waals surface area contributed by atoms with Crippen LogP contribution in [0.3, 0.4) is 0 Å². The molecule has 0 spiro atoms. The summed E-state index contributed by atoms with van der Waals surface area (Å²) in [6.45, 7) is 0. The number of nitrogens with one attached hydrogen (secondary N) is 1. The van der Waals surface area contributed by atoms with Crippen molar-refractivity contribution in [3.63, 3.8) is 0 Å². The molecule has 3 aromatic rings. The molecule has 3 rings (SSSR count). The Labute approximate surface area is 136 Å². The van der Waals surface area contributed by atoms with Crippen molar-refractivity contribution in [3.05, 3.63) is 60.2 Å². The van der Waals surface area contributed by atoms with Crippen LogP contribution in [-0.2, 0) is 10.0 Å². The van der Waals surface area contributed by atoms with E-state index in [-0.39, 0.29) is 11.8 Å². The number of aromatic nitrogens is 3. The molecule has 0 radical (unpaired) electrons. The molecule has 0 amide bonds. The van der Waals surface area contributed by atoms with Crippen molar-refractivity contribution in [2.24, 2.45) is 0 Å². The van der Waals surface area contributed by atoms with Gasteiger partial charge in [0.25, 0.3) is 5.95 Å². The highest BCUT2D eigenvalue weighted by atomic mass is 32.2. The molecule has 124 valence electrons. The molecule has 1 heterocycles. The Bertz CT molecular complexity index is 905. The molecule has 0 saturated heterocycles. The van der Waals surface area contributed by atoms with Crippen molar-refractivity contribution in [2.75, 3.05) is 11.0 Å². The van der Waals surface area contributed by atoms with Gasteiger partial charge in [0.2, 0.25) is 10.0 Å². The minimum atomic E-state index is -3.57. The fraction of sp³-hybridized carbons (Fsp3) is 0.0667. The third-order valence-electron chi connectivity index (χ3n) is 3.06. The molecule has 0 atom stereocenters. The quantitative estimate of drug-likeness (QED) is 0.785. The first-order valence-electron chi connectivity index (χ1n) is 6.78. The van der Waals surface area contributed by atoms with E-state index in [1.807, 2.05) is 0 Å². The molecular weight excluding hydrogens is 338 g/mol. The molecule has 0 aliphatic rings. The Morgan fingerprint density at radius 2 is 1.50 bits per heavy atom. The van der Waals surface area contributed by atoms with Crippen LogP contribution in [0.2, 0.25) is 0 Å². The van der Waals surface area contributed by atoms with E-state index >= 15 is 0 Å². The van der Waals surface area contributed by atoms with Crippen LogP contribution in [-0.4, -0.2) is 29.4 Å². The third kappa shape index (κ3) is 3.57. The number of rotatable bonds is 4. The Balaban J connectivity index is 2.14. The largest absolute Gasteiger partial charge is 0.256 e. The highest BCUT2D eigenvalue weighted by molar-refractivity contribution is 7.91. The van der Waals surface area contributed by atoms with E-state index in [0.717, 1.165) is 6.26 Å². The van der Waals surface area contributed by atoms with Gasteiger partial charge in [-0.15, -0.1) is 5.10 Å². The van der Waals surface area contributed by atoms with Crippen molar-refractivity contribution in [2.45, 2.75) is 0 Å². The number of nitrogens with zero attached hydrogens (tertiary/aromatic N) is 3. The highest BCUT2D eigenvalue weighted by Crippen LogP contribution is 2.23. The van der Waals surface area contributed by atoms with Crippen molar-refractivity contribution in [1.29, 1.82) is 0 Å². The summed E-state index contributed by atoms with van der Waals surface area (Å²) in [7, 11) is -3.57. The Morgan fingerprint density at radius 1 is 0.958 bits per heavy atom. The maximum Gasteiger partial charge on any atom is 0.256 e. The van der Waals surface area contributed by atoms with Gasteiger partial charge in [0.15, 0.2) is 5.82 Å². The van der Waals surface area contributed by atoms with E-state index in [4.69, 9.17) is 0 Å². The second kappa shape index (κ2) is 6.00. The van der Waals surface area contributed by atoms with E-state index in [1.54, 1.807) is 0 Å². The van der Waals surface area contributed by atoms with Gasteiger partial charge in [-0.2, -0.15) is 4.98 Å². The first-order chi connectivity index (χ1) is 11.3. The van der Waals surface area contributed by atoms with Gasteiger partial charge in [0.1, 0.15) is 11.6 Å². The molecule has 0 bridgehead atoms. The topological polar surface area (TPSA) is 76.9 Å². The predicted octanol–water partition coefficient (Wildman–Crippen LogP) is 2.58. The summed E-state index contributed by atoms with van der Waals surface area (Å²) in [5.41, 5.74) is 1.000. The number of anilines is 1. The molecule has 0 saturated carbocycles. The minimum absolute atomic E-state index is 0.138. The summed E-state index contributed by atoms with van der Waals surface area (Å²) in [4.78, 5) is 4.14. The average Bonchev–Trinajstić information content (AvgIpc) is 2.90. The minimum Gasteiger partial charge on any atom is -0.250 e. The molecule has 6 nitrogen and oxygen atoms in total. The summed E-state index contributed by atoms with van der Waals surface area (Å²) < 4.78 is 52.5. The Hall–Kier alpha value is -2.81. The number of sulfonamides is 1. The van der Waals surface area contributed by atoms with E-state index in [9.17, 15) is 17.2 Å². The molecule has 9 heteroatoms. The predicted molar refractivity (Wildman–Crippen MR) is 85.2 cm³/mol. The lowest BCUT2D eigenvalue weighted by Gasteiger charge is -2.05. The fourth-order valence-corrected chi connectivity index (χ4v) is 2.49. The van der Waals surface area contributed by atoms with E-state index < -0.39 is 21.7 Å². The van der Waals surface area contributed by atoms with Crippen LogP contribution >= 0.6 is 0 Å². The number of benzene rings is 2. The van der Waals surface area contributed by atoms with Crippen molar-refractivity contribution < 1.29 is 17.2 Å². The molecule has 1 N–H and O–H groups in total. The summed E-state index contributed by atoms with van der Waals surface area (Å²) in [6.07, 6.45) is 0.975. The van der Waals surface area contributed by atoms with Gasteiger partial charge in [0, 0.05) is 5.56 Å². The van der Waals surface area contributed by atoms with Crippen molar-refractivity contribution in [3.8, 4) is 17.1 Å². The second-order valence-electron chi connectivity index (χ2n) is 5.03. The zero-order valence-electron chi connectivity index (χ0n) is 12.4. The van der Waals surface area contributed by atoms with Gasteiger partial charge >= 0.3 is 0 Å². The van der Waals surface area contributed by atoms with Crippen LogP contribution in [0.5, 0.6) is 0 Å². The maximum atomic E-state index is 13.1. The van der Waals surface area contributed by atoms with Gasteiger partial charge < -0.3 is 0 Å². The molecule has 0 unspecified atom stereocenters. The lowest BCUT2D eigenvalue weighted by atomic mass is 10.2. The highest BCUT2D eigenvalue weighted by Gasteiger charge is 2.16. The van der Waals surface area contributed by atoms with Crippen LogP contribution in [0.1, 0.15) is 0 Å². The summed E-state index contributed by atoms with van der Waals surface area (Å²) in [5, 5.41) is 4.09. The lowest BCUT2D eigenvalue weighted by molar-refractivity contribution is 0.606. The smallest absolute Gasteiger partial charge is 0.250 e. The summed E-state index contributed by atoms with van der Waals surface area (Å²) in [6, 6.07) is 10.9. The monoisotopic (exact) mass is 350 g/mol. The van der Waals surface area contributed by atoms with Gasteiger partial charge in [-0.1, -0.05) is 0 Å². The number of hydrogen-bond donors (Lipinski definition) is 1. The standard InChI is InChI=1S/C15H12F2N4O2S/c1-24(22,23)20-15-18-14(10-2-4-11(16)5-3-10)21(19-15)13-8-6-12(17)7-9-13/h2-9H,1H3,(H,19,20). The summed E-state index contributed by atoms with van der Waals surface area (Å²) in [5.74, 6) is -0.688. The van der Waals surface area contributed by atoms with E-state index in [1.165, 1.54) is 53.2 Å². The summed E-state index contributed by atoms with van der Waals surface area (Å²) >= 11 is 0. The zero-order valence-corrected chi connectivity index (χ0v) is 13.3. The molecule has 2 aromatic carbocycles. The van der Waals surface area contributed by atoms with Crippen LogP contribution < -0.4 is 4.72 Å². The Morgan fingerprint density at radius 3 is 2.04 bits per heavy atom. The molecule has 0 aliphatic heterocycles. The zero-order chi connectivity index (χ0) is 17.3. The van der Waals surface area contributed by atoms with Crippen molar-refractivity contribution in [1.82, 2.24) is 14.8 Å². The number of halogens is 2. The SMILES string of the molecule is CS(=O)(=O)Nc1nc(-c2ccc(F)cc2)n(-c2ccc(F)cc2)n1. The Kier molecular flexibility index (Phi) is 4.02.